The molecule has 0 heterocycles. The van der Waals surface area contributed by atoms with E-state index in [0.717, 1.165) is 25.8 Å². The lowest BCUT2D eigenvalue weighted by atomic mass is 10.2. The van der Waals surface area contributed by atoms with Gasteiger partial charge in [-0.2, -0.15) is 0 Å². The summed E-state index contributed by atoms with van der Waals surface area (Å²) in [6.45, 7) is 2.12. The molecule has 0 fully saturated rings. The monoisotopic (exact) mass is 147 g/mol. The standard InChI is InChI=1S/C7H17NO2/c9-6-3-1-2-4-8-5-7-10/h8-10H,1-7H2. The summed E-state index contributed by atoms with van der Waals surface area (Å²) in [5, 5.41) is 19.8. The normalized spacial score (nSPS) is 10.2. The predicted octanol–water partition coefficient (Wildman–Crippen LogP) is -0.269. The highest BCUT2D eigenvalue weighted by Crippen LogP contribution is 1.90. The largest absolute Gasteiger partial charge is 0.396 e. The van der Waals surface area contributed by atoms with Gasteiger partial charge < -0.3 is 15.5 Å². The van der Waals surface area contributed by atoms with E-state index >= 15 is 0 Å². The Hall–Kier alpha value is -0.120. The molecule has 62 valence electrons. The molecule has 0 spiro atoms. The van der Waals surface area contributed by atoms with Crippen molar-refractivity contribution in [3.63, 3.8) is 0 Å². The van der Waals surface area contributed by atoms with Gasteiger partial charge in [-0.15, -0.1) is 0 Å². The maximum absolute atomic E-state index is 8.41. The number of aliphatic hydroxyl groups excluding tert-OH is 2. The number of hydrogen-bond acceptors (Lipinski definition) is 3. The van der Waals surface area contributed by atoms with Crippen LogP contribution >= 0.6 is 0 Å². The van der Waals surface area contributed by atoms with E-state index in [-0.39, 0.29) is 6.61 Å². The highest BCUT2D eigenvalue weighted by molar-refractivity contribution is 4.46. The molecule has 10 heavy (non-hydrogen) atoms. The van der Waals surface area contributed by atoms with E-state index in [1.54, 1.807) is 0 Å². The van der Waals surface area contributed by atoms with E-state index in [1.807, 2.05) is 0 Å². The second kappa shape index (κ2) is 8.88. The zero-order chi connectivity index (χ0) is 7.66. The molecule has 0 bridgehead atoms. The maximum Gasteiger partial charge on any atom is 0.0555 e. The number of unbranched alkanes of at least 4 members (excludes halogenated alkanes) is 2. The summed E-state index contributed by atoms with van der Waals surface area (Å²) in [7, 11) is 0. The minimum atomic E-state index is 0.208. The molecule has 0 rings (SSSR count). The van der Waals surface area contributed by atoms with Gasteiger partial charge in [-0.1, -0.05) is 0 Å². The lowest BCUT2D eigenvalue weighted by Gasteiger charge is -2.00. The summed E-state index contributed by atoms with van der Waals surface area (Å²) in [5.74, 6) is 0. The van der Waals surface area contributed by atoms with Crippen LogP contribution in [0.3, 0.4) is 0 Å². The Morgan fingerprint density at radius 3 is 2.20 bits per heavy atom. The fourth-order valence-corrected chi connectivity index (χ4v) is 0.743. The molecule has 3 nitrogen and oxygen atoms in total. The number of hydrogen-bond donors (Lipinski definition) is 3. The van der Waals surface area contributed by atoms with Crippen molar-refractivity contribution in [1.82, 2.24) is 5.32 Å². The van der Waals surface area contributed by atoms with E-state index in [2.05, 4.69) is 5.32 Å². The van der Waals surface area contributed by atoms with Crippen molar-refractivity contribution in [1.29, 1.82) is 0 Å². The Balaban J connectivity index is 2.65. The molecule has 0 atom stereocenters. The van der Waals surface area contributed by atoms with Crippen LogP contribution in [0.2, 0.25) is 0 Å². The molecule has 0 saturated heterocycles. The third-order valence-electron chi connectivity index (χ3n) is 1.30. The summed E-state index contributed by atoms with van der Waals surface area (Å²) >= 11 is 0. The minimum absolute atomic E-state index is 0.208. The Morgan fingerprint density at radius 1 is 0.800 bits per heavy atom. The van der Waals surface area contributed by atoms with Gasteiger partial charge >= 0.3 is 0 Å². The van der Waals surface area contributed by atoms with Crippen LogP contribution in [0.1, 0.15) is 19.3 Å². The second-order valence-electron chi connectivity index (χ2n) is 2.26. The van der Waals surface area contributed by atoms with E-state index < -0.39 is 0 Å². The summed E-state index contributed by atoms with van der Waals surface area (Å²) in [6, 6.07) is 0. The fourth-order valence-electron chi connectivity index (χ4n) is 0.743. The molecule has 0 amide bonds. The first-order chi connectivity index (χ1) is 4.91. The molecule has 3 heteroatoms. The van der Waals surface area contributed by atoms with Gasteiger partial charge in [-0.05, 0) is 25.8 Å². The number of nitrogens with one attached hydrogen (secondary N) is 1. The van der Waals surface area contributed by atoms with Crippen molar-refractivity contribution in [3.8, 4) is 0 Å². The van der Waals surface area contributed by atoms with E-state index in [9.17, 15) is 0 Å². The lowest BCUT2D eigenvalue weighted by molar-refractivity contribution is 0.279. The van der Waals surface area contributed by atoms with Crippen LogP contribution < -0.4 is 5.32 Å². The Labute approximate surface area is 62.1 Å². The van der Waals surface area contributed by atoms with Crippen LogP contribution in [0.5, 0.6) is 0 Å². The van der Waals surface area contributed by atoms with Gasteiger partial charge in [-0.3, -0.25) is 0 Å². The van der Waals surface area contributed by atoms with Crippen molar-refractivity contribution in [3.05, 3.63) is 0 Å². The van der Waals surface area contributed by atoms with Crippen molar-refractivity contribution in [2.75, 3.05) is 26.3 Å². The Morgan fingerprint density at radius 2 is 1.60 bits per heavy atom. The molecule has 0 aromatic rings. The van der Waals surface area contributed by atoms with Gasteiger partial charge in [0.2, 0.25) is 0 Å². The average molecular weight is 147 g/mol. The van der Waals surface area contributed by atoms with Crippen LogP contribution in [-0.2, 0) is 0 Å². The molecule has 0 aliphatic carbocycles. The average Bonchev–Trinajstić information content (AvgIpc) is 1.97. The zero-order valence-corrected chi connectivity index (χ0v) is 6.34. The molecule has 0 aliphatic heterocycles. The van der Waals surface area contributed by atoms with E-state index in [0.29, 0.717) is 13.2 Å². The van der Waals surface area contributed by atoms with Gasteiger partial charge in [0.05, 0.1) is 6.61 Å². The first-order valence-electron chi connectivity index (χ1n) is 3.84. The lowest BCUT2D eigenvalue weighted by Crippen LogP contribution is -2.19. The van der Waals surface area contributed by atoms with E-state index in [1.165, 1.54) is 0 Å². The van der Waals surface area contributed by atoms with Gasteiger partial charge in [0.25, 0.3) is 0 Å². The van der Waals surface area contributed by atoms with Gasteiger partial charge in [0, 0.05) is 13.2 Å². The highest BCUT2D eigenvalue weighted by Gasteiger charge is 1.86. The number of rotatable bonds is 7. The van der Waals surface area contributed by atoms with Crippen molar-refractivity contribution >= 4 is 0 Å². The maximum atomic E-state index is 8.41. The van der Waals surface area contributed by atoms with Gasteiger partial charge in [0.1, 0.15) is 0 Å². The van der Waals surface area contributed by atoms with Crippen molar-refractivity contribution in [2.24, 2.45) is 0 Å². The quantitative estimate of drug-likeness (QED) is 0.434. The fraction of sp³-hybridized carbons (Fsp3) is 1.00. The second-order valence-corrected chi connectivity index (χ2v) is 2.26. The van der Waals surface area contributed by atoms with Crippen molar-refractivity contribution in [2.45, 2.75) is 19.3 Å². The molecular weight excluding hydrogens is 130 g/mol. The first kappa shape index (κ1) is 9.88. The van der Waals surface area contributed by atoms with Crippen LogP contribution in [0, 0.1) is 0 Å². The minimum Gasteiger partial charge on any atom is -0.396 e. The summed E-state index contributed by atoms with van der Waals surface area (Å²) in [4.78, 5) is 0. The van der Waals surface area contributed by atoms with Crippen LogP contribution in [0.4, 0.5) is 0 Å². The predicted molar refractivity (Wildman–Crippen MR) is 40.9 cm³/mol. The summed E-state index contributed by atoms with van der Waals surface area (Å²) < 4.78 is 0. The van der Waals surface area contributed by atoms with Crippen LogP contribution in [-0.4, -0.2) is 36.5 Å². The smallest absolute Gasteiger partial charge is 0.0555 e. The Kier molecular flexibility index (Phi) is 8.77. The number of aliphatic hydroxyl groups is 2. The molecule has 0 aliphatic rings. The summed E-state index contributed by atoms with van der Waals surface area (Å²) in [6.07, 6.45) is 3.04. The van der Waals surface area contributed by atoms with Gasteiger partial charge in [-0.25, -0.2) is 0 Å². The Bertz CT molecular complexity index is 51.6. The highest BCUT2D eigenvalue weighted by atomic mass is 16.3. The van der Waals surface area contributed by atoms with Crippen LogP contribution in [0.15, 0.2) is 0 Å². The molecule has 0 aromatic carbocycles. The summed E-state index contributed by atoms with van der Waals surface area (Å²) in [5.41, 5.74) is 0. The van der Waals surface area contributed by atoms with E-state index in [4.69, 9.17) is 10.2 Å². The SMILES string of the molecule is OCCCCCNCCO. The molecule has 0 aromatic heterocycles. The molecule has 0 unspecified atom stereocenters. The molecule has 3 N–H and O–H groups in total. The molecule has 0 radical (unpaired) electrons. The zero-order valence-electron chi connectivity index (χ0n) is 6.34. The third kappa shape index (κ3) is 7.88. The van der Waals surface area contributed by atoms with Crippen LogP contribution in [0.25, 0.3) is 0 Å². The van der Waals surface area contributed by atoms with Gasteiger partial charge in [0.15, 0.2) is 0 Å². The molecular formula is C7H17NO2. The molecule has 0 saturated carbocycles. The van der Waals surface area contributed by atoms with Crippen molar-refractivity contribution < 1.29 is 10.2 Å². The topological polar surface area (TPSA) is 52.5 Å². The third-order valence-corrected chi connectivity index (χ3v) is 1.30. The first-order valence-corrected chi connectivity index (χ1v) is 3.84.